The highest BCUT2D eigenvalue weighted by atomic mass is 79.9. The van der Waals surface area contributed by atoms with Gasteiger partial charge >= 0.3 is 0 Å². The predicted molar refractivity (Wildman–Crippen MR) is 75.6 cm³/mol. The number of alkyl halides is 1. The average Bonchev–Trinajstić information content (AvgIpc) is 2.77. The van der Waals surface area contributed by atoms with E-state index < -0.39 is 0 Å². The van der Waals surface area contributed by atoms with Crippen molar-refractivity contribution in [2.75, 3.05) is 5.33 Å². The Balaban J connectivity index is 1.87. The van der Waals surface area contributed by atoms with Gasteiger partial charge in [0.05, 0.1) is 12.2 Å². The molecule has 2 rings (SSSR count). The van der Waals surface area contributed by atoms with E-state index in [1.807, 2.05) is 12.1 Å². The lowest BCUT2D eigenvalue weighted by molar-refractivity contribution is 0.0428. The predicted octanol–water partition coefficient (Wildman–Crippen LogP) is 4.34. The third-order valence-electron chi connectivity index (χ3n) is 3.57. The average molecular weight is 315 g/mol. The van der Waals surface area contributed by atoms with Gasteiger partial charge in [0.25, 0.3) is 0 Å². The van der Waals surface area contributed by atoms with Crippen molar-refractivity contribution < 1.29 is 9.13 Å². The van der Waals surface area contributed by atoms with Crippen LogP contribution in [0, 0.1) is 11.7 Å². The minimum Gasteiger partial charge on any atom is -0.375 e. The topological polar surface area (TPSA) is 9.23 Å². The van der Waals surface area contributed by atoms with Crippen molar-refractivity contribution in [3.05, 3.63) is 35.6 Å². The number of hydrogen-bond acceptors (Lipinski definition) is 1. The monoisotopic (exact) mass is 314 g/mol. The molecule has 1 aromatic rings. The fourth-order valence-electron chi connectivity index (χ4n) is 2.59. The number of hydrogen-bond donors (Lipinski definition) is 0. The van der Waals surface area contributed by atoms with Crippen LogP contribution in [-0.4, -0.2) is 17.5 Å². The van der Waals surface area contributed by atoms with Crippen LogP contribution >= 0.6 is 15.9 Å². The molecule has 1 fully saturated rings. The number of ether oxygens (including phenoxy) is 1. The first-order valence-corrected chi connectivity index (χ1v) is 7.75. The van der Waals surface area contributed by atoms with Crippen LogP contribution in [0.3, 0.4) is 0 Å². The Morgan fingerprint density at radius 2 is 2.06 bits per heavy atom. The van der Waals surface area contributed by atoms with E-state index in [4.69, 9.17) is 4.74 Å². The molecule has 1 heterocycles. The van der Waals surface area contributed by atoms with E-state index in [1.54, 1.807) is 0 Å². The second kappa shape index (κ2) is 6.67. The Labute approximate surface area is 117 Å². The highest BCUT2D eigenvalue weighted by Gasteiger charge is 2.24. The van der Waals surface area contributed by atoms with E-state index in [0.717, 1.165) is 18.2 Å². The van der Waals surface area contributed by atoms with Gasteiger partial charge in [-0.05, 0) is 56.2 Å². The Morgan fingerprint density at radius 3 is 2.61 bits per heavy atom. The Morgan fingerprint density at radius 1 is 1.33 bits per heavy atom. The number of rotatable bonds is 5. The molecule has 1 saturated heterocycles. The lowest BCUT2D eigenvalue weighted by Gasteiger charge is -2.19. The zero-order chi connectivity index (χ0) is 13.0. The van der Waals surface area contributed by atoms with Gasteiger partial charge in [-0.1, -0.05) is 28.1 Å². The molecular weight excluding hydrogens is 295 g/mol. The van der Waals surface area contributed by atoms with Gasteiger partial charge in [0.1, 0.15) is 5.82 Å². The molecule has 0 saturated carbocycles. The summed E-state index contributed by atoms with van der Waals surface area (Å²) >= 11 is 3.58. The van der Waals surface area contributed by atoms with E-state index in [2.05, 4.69) is 22.9 Å². The molecule has 3 atom stereocenters. The van der Waals surface area contributed by atoms with Crippen LogP contribution in [0.1, 0.15) is 31.7 Å². The molecule has 0 aliphatic carbocycles. The zero-order valence-electron chi connectivity index (χ0n) is 10.7. The van der Waals surface area contributed by atoms with Crippen LogP contribution in [0.25, 0.3) is 0 Å². The maximum Gasteiger partial charge on any atom is 0.123 e. The van der Waals surface area contributed by atoms with Gasteiger partial charge in [-0.25, -0.2) is 4.39 Å². The third-order valence-corrected chi connectivity index (χ3v) is 4.49. The van der Waals surface area contributed by atoms with Gasteiger partial charge in [-0.2, -0.15) is 0 Å². The van der Waals surface area contributed by atoms with Gasteiger partial charge in [-0.3, -0.25) is 0 Å². The van der Waals surface area contributed by atoms with Gasteiger partial charge in [0.2, 0.25) is 0 Å². The number of halogens is 2. The summed E-state index contributed by atoms with van der Waals surface area (Å²) in [7, 11) is 0. The Kier molecular flexibility index (Phi) is 5.19. The van der Waals surface area contributed by atoms with Crippen molar-refractivity contribution in [3.63, 3.8) is 0 Å². The molecule has 1 aliphatic rings. The van der Waals surface area contributed by atoms with E-state index in [1.165, 1.54) is 30.5 Å². The van der Waals surface area contributed by atoms with Crippen LogP contribution in [0.4, 0.5) is 4.39 Å². The van der Waals surface area contributed by atoms with Crippen molar-refractivity contribution in [3.8, 4) is 0 Å². The minimum atomic E-state index is -0.165. The second-order valence-electron chi connectivity index (χ2n) is 5.23. The molecule has 0 aromatic heterocycles. The standard InChI is InChI=1S/C15H20BrFO/c1-11-2-7-15(18-11)9-13(10-16)8-12-3-5-14(17)6-4-12/h3-6,11,13,15H,2,7-10H2,1H3. The number of benzene rings is 1. The highest BCUT2D eigenvalue weighted by molar-refractivity contribution is 9.09. The van der Waals surface area contributed by atoms with Crippen LogP contribution in [0.15, 0.2) is 24.3 Å². The van der Waals surface area contributed by atoms with E-state index in [9.17, 15) is 4.39 Å². The quantitative estimate of drug-likeness (QED) is 0.735. The van der Waals surface area contributed by atoms with Crippen LogP contribution in [0.2, 0.25) is 0 Å². The van der Waals surface area contributed by atoms with Gasteiger partial charge in [0, 0.05) is 5.33 Å². The van der Waals surface area contributed by atoms with Gasteiger partial charge in [0.15, 0.2) is 0 Å². The summed E-state index contributed by atoms with van der Waals surface area (Å²) in [6.07, 6.45) is 5.25. The smallest absolute Gasteiger partial charge is 0.123 e. The highest BCUT2D eigenvalue weighted by Crippen LogP contribution is 2.27. The fraction of sp³-hybridized carbons (Fsp3) is 0.600. The van der Waals surface area contributed by atoms with Crippen molar-refractivity contribution in [2.45, 2.75) is 44.8 Å². The normalized spacial score (nSPS) is 25.3. The molecular formula is C15H20BrFO. The summed E-state index contributed by atoms with van der Waals surface area (Å²) in [6, 6.07) is 6.83. The summed E-state index contributed by atoms with van der Waals surface area (Å²) in [4.78, 5) is 0. The van der Waals surface area contributed by atoms with Gasteiger partial charge < -0.3 is 4.74 Å². The first-order chi connectivity index (χ1) is 8.67. The van der Waals surface area contributed by atoms with Crippen LogP contribution in [-0.2, 0) is 11.2 Å². The van der Waals surface area contributed by atoms with Crippen molar-refractivity contribution in [2.24, 2.45) is 5.92 Å². The molecule has 0 bridgehead atoms. The summed E-state index contributed by atoms with van der Waals surface area (Å²) < 4.78 is 18.7. The zero-order valence-corrected chi connectivity index (χ0v) is 12.3. The summed E-state index contributed by atoms with van der Waals surface area (Å²) in [6.45, 7) is 2.14. The van der Waals surface area contributed by atoms with E-state index in [-0.39, 0.29) is 5.82 Å². The molecule has 1 aromatic carbocycles. The first kappa shape index (κ1) is 14.0. The third kappa shape index (κ3) is 4.06. The molecule has 0 N–H and O–H groups in total. The molecule has 100 valence electrons. The molecule has 0 amide bonds. The van der Waals surface area contributed by atoms with Crippen LogP contribution in [0.5, 0.6) is 0 Å². The lowest BCUT2D eigenvalue weighted by Crippen LogP contribution is -2.17. The second-order valence-corrected chi connectivity index (χ2v) is 5.88. The van der Waals surface area contributed by atoms with E-state index >= 15 is 0 Å². The molecule has 3 unspecified atom stereocenters. The summed E-state index contributed by atoms with van der Waals surface area (Å²) in [5.41, 5.74) is 1.20. The van der Waals surface area contributed by atoms with Crippen LogP contribution < -0.4 is 0 Å². The SMILES string of the molecule is CC1CCC(CC(CBr)Cc2ccc(F)cc2)O1. The van der Waals surface area contributed by atoms with Crippen molar-refractivity contribution in [1.29, 1.82) is 0 Å². The summed E-state index contributed by atoms with van der Waals surface area (Å²) in [5, 5.41) is 0.971. The van der Waals surface area contributed by atoms with Crippen molar-refractivity contribution in [1.82, 2.24) is 0 Å². The maximum atomic E-state index is 12.8. The molecule has 1 aliphatic heterocycles. The fourth-order valence-corrected chi connectivity index (χ4v) is 3.08. The van der Waals surface area contributed by atoms with Crippen molar-refractivity contribution >= 4 is 15.9 Å². The van der Waals surface area contributed by atoms with Gasteiger partial charge in [-0.15, -0.1) is 0 Å². The Hall–Kier alpha value is -0.410. The largest absolute Gasteiger partial charge is 0.375 e. The molecule has 0 spiro atoms. The molecule has 18 heavy (non-hydrogen) atoms. The molecule has 3 heteroatoms. The maximum absolute atomic E-state index is 12.8. The summed E-state index contributed by atoms with van der Waals surface area (Å²) in [5.74, 6) is 0.396. The molecule has 0 radical (unpaired) electrons. The van der Waals surface area contributed by atoms with E-state index in [0.29, 0.717) is 18.1 Å². The molecule has 1 nitrogen and oxygen atoms in total. The Bertz CT molecular complexity index is 365. The minimum absolute atomic E-state index is 0.165. The first-order valence-electron chi connectivity index (χ1n) is 6.63. The lowest BCUT2D eigenvalue weighted by atomic mass is 9.94.